The molecule has 1 unspecified atom stereocenters. The first-order valence-corrected chi connectivity index (χ1v) is 6.98. The van der Waals surface area contributed by atoms with Crippen LogP contribution in [0.3, 0.4) is 0 Å². The fraction of sp³-hybridized carbons (Fsp3) is 0.357. The van der Waals surface area contributed by atoms with Crippen LogP contribution in [0, 0.1) is 12.7 Å². The second kappa shape index (κ2) is 6.75. The van der Waals surface area contributed by atoms with Gasteiger partial charge in [-0.1, -0.05) is 12.1 Å². The number of ether oxygens (including phenoxy) is 1. The Balaban J connectivity index is 2.23. The summed E-state index contributed by atoms with van der Waals surface area (Å²) < 4.78 is 18.4. The van der Waals surface area contributed by atoms with E-state index in [4.69, 9.17) is 4.74 Å². The number of aryl methyl sites for hydroxylation is 1. The van der Waals surface area contributed by atoms with Gasteiger partial charge in [-0.05, 0) is 24.6 Å². The Hall–Kier alpha value is -1.30. The molecule has 1 N–H and O–H groups in total. The average Bonchev–Trinajstić information content (AvgIpc) is 2.81. The smallest absolute Gasteiger partial charge is 0.123 e. The van der Waals surface area contributed by atoms with Crippen LogP contribution in [0.4, 0.5) is 4.39 Å². The highest BCUT2D eigenvalue weighted by Gasteiger charge is 2.17. The van der Waals surface area contributed by atoms with Crippen molar-refractivity contribution in [3.8, 4) is 0 Å². The molecular weight excluding hydrogens is 263 g/mol. The predicted octanol–water partition coefficient (Wildman–Crippen LogP) is 2.92. The molecule has 0 saturated heterocycles. The van der Waals surface area contributed by atoms with Crippen LogP contribution in [-0.2, 0) is 4.74 Å². The van der Waals surface area contributed by atoms with Gasteiger partial charge in [0.2, 0.25) is 0 Å². The van der Waals surface area contributed by atoms with Crippen LogP contribution in [0.25, 0.3) is 0 Å². The van der Waals surface area contributed by atoms with Gasteiger partial charge >= 0.3 is 0 Å². The van der Waals surface area contributed by atoms with Crippen molar-refractivity contribution in [2.75, 3.05) is 20.3 Å². The highest BCUT2D eigenvalue weighted by molar-refractivity contribution is 7.09. The van der Waals surface area contributed by atoms with Crippen molar-refractivity contribution in [2.45, 2.75) is 13.0 Å². The van der Waals surface area contributed by atoms with Gasteiger partial charge in [-0.2, -0.15) is 0 Å². The summed E-state index contributed by atoms with van der Waals surface area (Å²) in [7, 11) is 1.66. The molecule has 1 aromatic heterocycles. The maximum absolute atomic E-state index is 13.4. The molecule has 0 bridgehead atoms. The Labute approximate surface area is 116 Å². The third kappa shape index (κ3) is 3.83. The van der Waals surface area contributed by atoms with E-state index in [2.05, 4.69) is 10.3 Å². The van der Waals surface area contributed by atoms with Gasteiger partial charge in [0, 0.05) is 24.7 Å². The van der Waals surface area contributed by atoms with E-state index < -0.39 is 0 Å². The molecule has 0 spiro atoms. The lowest BCUT2D eigenvalue weighted by molar-refractivity contribution is 0.197. The third-order valence-corrected chi connectivity index (χ3v) is 3.75. The quantitative estimate of drug-likeness (QED) is 0.826. The lowest BCUT2D eigenvalue weighted by Crippen LogP contribution is -2.26. The van der Waals surface area contributed by atoms with Crippen LogP contribution in [-0.4, -0.2) is 25.2 Å². The van der Waals surface area contributed by atoms with Gasteiger partial charge in [0.25, 0.3) is 0 Å². The van der Waals surface area contributed by atoms with Crippen molar-refractivity contribution in [3.63, 3.8) is 0 Å². The van der Waals surface area contributed by atoms with E-state index >= 15 is 0 Å². The number of nitrogens with zero attached hydrogens (tertiary/aromatic N) is 1. The lowest BCUT2D eigenvalue weighted by Gasteiger charge is -2.17. The molecule has 0 amide bonds. The SMILES string of the molecule is COCCNC(c1cccc(F)c1)c1nc(C)cs1. The van der Waals surface area contributed by atoms with Gasteiger partial charge in [0.15, 0.2) is 0 Å². The summed E-state index contributed by atoms with van der Waals surface area (Å²) in [6, 6.07) is 6.52. The second-order valence-electron chi connectivity index (χ2n) is 4.26. The first-order valence-electron chi connectivity index (χ1n) is 6.10. The van der Waals surface area contributed by atoms with E-state index in [1.807, 2.05) is 18.4 Å². The third-order valence-electron chi connectivity index (χ3n) is 2.72. The monoisotopic (exact) mass is 280 g/mol. The second-order valence-corrected chi connectivity index (χ2v) is 5.15. The molecule has 0 aliphatic heterocycles. The van der Waals surface area contributed by atoms with E-state index in [9.17, 15) is 4.39 Å². The summed E-state index contributed by atoms with van der Waals surface area (Å²) in [5.41, 5.74) is 1.86. The Morgan fingerprint density at radius 3 is 2.95 bits per heavy atom. The molecule has 1 heterocycles. The van der Waals surface area contributed by atoms with E-state index in [-0.39, 0.29) is 11.9 Å². The highest BCUT2D eigenvalue weighted by atomic mass is 32.1. The number of thiazole rings is 1. The number of benzene rings is 1. The minimum Gasteiger partial charge on any atom is -0.383 e. The fourth-order valence-corrected chi connectivity index (χ4v) is 2.74. The summed E-state index contributed by atoms with van der Waals surface area (Å²) in [5.74, 6) is -0.232. The summed E-state index contributed by atoms with van der Waals surface area (Å²) in [4.78, 5) is 4.49. The van der Waals surface area contributed by atoms with Crippen molar-refractivity contribution >= 4 is 11.3 Å². The normalized spacial score (nSPS) is 12.6. The molecule has 102 valence electrons. The Morgan fingerprint density at radius 2 is 2.32 bits per heavy atom. The zero-order valence-corrected chi connectivity index (χ0v) is 11.8. The predicted molar refractivity (Wildman–Crippen MR) is 75.0 cm³/mol. The molecule has 2 rings (SSSR count). The summed E-state index contributed by atoms with van der Waals surface area (Å²) >= 11 is 1.58. The van der Waals surface area contributed by atoms with Crippen molar-refractivity contribution in [2.24, 2.45) is 0 Å². The van der Waals surface area contributed by atoms with Crippen LogP contribution in [0.15, 0.2) is 29.6 Å². The number of hydrogen-bond acceptors (Lipinski definition) is 4. The molecule has 2 aromatic rings. The van der Waals surface area contributed by atoms with Gasteiger partial charge in [0.05, 0.1) is 12.6 Å². The number of aromatic nitrogens is 1. The van der Waals surface area contributed by atoms with Gasteiger partial charge in [0.1, 0.15) is 10.8 Å². The van der Waals surface area contributed by atoms with Crippen LogP contribution >= 0.6 is 11.3 Å². The largest absolute Gasteiger partial charge is 0.383 e. The molecule has 3 nitrogen and oxygen atoms in total. The molecule has 19 heavy (non-hydrogen) atoms. The standard InChI is InChI=1S/C14H17FN2OS/c1-10-9-19-14(17-10)13(16-6-7-18-2)11-4-3-5-12(15)8-11/h3-5,8-9,13,16H,6-7H2,1-2H3. The van der Waals surface area contributed by atoms with Crippen molar-refractivity contribution in [1.29, 1.82) is 0 Å². The minimum absolute atomic E-state index is 0.0930. The van der Waals surface area contributed by atoms with E-state index in [0.717, 1.165) is 16.3 Å². The van der Waals surface area contributed by atoms with Crippen molar-refractivity contribution in [3.05, 3.63) is 51.7 Å². The zero-order chi connectivity index (χ0) is 13.7. The van der Waals surface area contributed by atoms with E-state index in [1.165, 1.54) is 6.07 Å². The first kappa shape index (κ1) is 14.1. The molecule has 0 aliphatic rings. The maximum atomic E-state index is 13.4. The Morgan fingerprint density at radius 1 is 1.47 bits per heavy atom. The van der Waals surface area contributed by atoms with Crippen LogP contribution in [0.5, 0.6) is 0 Å². The van der Waals surface area contributed by atoms with Crippen LogP contribution in [0.2, 0.25) is 0 Å². The van der Waals surface area contributed by atoms with E-state index in [0.29, 0.717) is 13.2 Å². The molecule has 0 fully saturated rings. The molecule has 1 aromatic carbocycles. The maximum Gasteiger partial charge on any atom is 0.123 e. The summed E-state index contributed by atoms with van der Waals surface area (Å²) in [6.45, 7) is 3.25. The summed E-state index contributed by atoms with van der Waals surface area (Å²) in [5, 5.41) is 6.29. The molecule has 5 heteroatoms. The van der Waals surface area contributed by atoms with E-state index in [1.54, 1.807) is 30.6 Å². The lowest BCUT2D eigenvalue weighted by atomic mass is 10.1. The van der Waals surface area contributed by atoms with Gasteiger partial charge in [-0.25, -0.2) is 9.37 Å². The first-order chi connectivity index (χ1) is 9.20. The Kier molecular flexibility index (Phi) is 5.01. The minimum atomic E-state index is -0.232. The van der Waals surface area contributed by atoms with Crippen LogP contribution < -0.4 is 5.32 Å². The number of rotatable bonds is 6. The Bertz CT molecular complexity index is 530. The number of halogens is 1. The number of nitrogens with one attached hydrogen (secondary N) is 1. The topological polar surface area (TPSA) is 34.1 Å². The molecular formula is C14H17FN2OS. The number of hydrogen-bond donors (Lipinski definition) is 1. The van der Waals surface area contributed by atoms with Crippen molar-refractivity contribution in [1.82, 2.24) is 10.3 Å². The molecule has 0 radical (unpaired) electrons. The number of methoxy groups -OCH3 is 1. The van der Waals surface area contributed by atoms with Gasteiger partial charge in [-0.15, -0.1) is 11.3 Å². The molecule has 0 aliphatic carbocycles. The zero-order valence-electron chi connectivity index (χ0n) is 11.0. The van der Waals surface area contributed by atoms with Gasteiger partial charge < -0.3 is 10.1 Å². The average molecular weight is 280 g/mol. The highest BCUT2D eigenvalue weighted by Crippen LogP contribution is 2.25. The molecule has 0 saturated carbocycles. The van der Waals surface area contributed by atoms with Crippen molar-refractivity contribution < 1.29 is 9.13 Å². The summed E-state index contributed by atoms with van der Waals surface area (Å²) in [6.07, 6.45) is 0. The van der Waals surface area contributed by atoms with Crippen LogP contribution in [0.1, 0.15) is 22.3 Å². The van der Waals surface area contributed by atoms with Gasteiger partial charge in [-0.3, -0.25) is 0 Å². The fourth-order valence-electron chi connectivity index (χ4n) is 1.84. The molecule has 1 atom stereocenters.